The van der Waals surface area contributed by atoms with E-state index in [2.05, 4.69) is 15.2 Å². The smallest absolute Gasteiger partial charge is 0.435 e. The normalized spacial score (nSPS) is 12.3. The molecule has 2 aromatic heterocycles. The lowest BCUT2D eigenvalue weighted by atomic mass is 10.1. The van der Waals surface area contributed by atoms with Gasteiger partial charge in [0, 0.05) is 10.4 Å². The van der Waals surface area contributed by atoms with E-state index < -0.39 is 24.1 Å². The molecule has 3 aromatic rings. The Bertz CT molecular complexity index is 1130. The number of benzene rings is 1. The van der Waals surface area contributed by atoms with Gasteiger partial charge in [0.2, 0.25) is 6.23 Å². The number of thiazole rings is 1. The summed E-state index contributed by atoms with van der Waals surface area (Å²) in [5.41, 5.74) is 0.249. The van der Waals surface area contributed by atoms with Crippen molar-refractivity contribution in [3.63, 3.8) is 0 Å². The third-order valence-corrected chi connectivity index (χ3v) is 5.09. The van der Waals surface area contributed by atoms with E-state index in [1.807, 2.05) is 6.07 Å². The summed E-state index contributed by atoms with van der Waals surface area (Å²) in [4.78, 5) is 17.7. The maximum absolute atomic E-state index is 12.8. The van der Waals surface area contributed by atoms with Gasteiger partial charge in [0.1, 0.15) is 16.8 Å². The molecule has 12 heteroatoms. The zero-order chi connectivity index (χ0) is 22.8. The van der Waals surface area contributed by atoms with Crippen LogP contribution in [0.4, 0.5) is 18.0 Å². The highest BCUT2D eigenvalue weighted by atomic mass is 32.1. The van der Waals surface area contributed by atoms with E-state index in [0.29, 0.717) is 21.1 Å². The minimum Gasteiger partial charge on any atom is -0.435 e. The highest BCUT2D eigenvalue weighted by molar-refractivity contribution is 7.15. The first-order valence-corrected chi connectivity index (χ1v) is 9.81. The first kappa shape index (κ1) is 22.2. The van der Waals surface area contributed by atoms with Crippen molar-refractivity contribution < 1.29 is 27.4 Å². The summed E-state index contributed by atoms with van der Waals surface area (Å²) in [5.74, 6) is 0. The molecule has 162 valence electrons. The molecule has 0 aliphatic carbocycles. The number of nitrogens with zero attached hydrogens (tertiary/aromatic N) is 5. The highest BCUT2D eigenvalue weighted by Crippen LogP contribution is 2.35. The average Bonchev–Trinajstić information content (AvgIpc) is 3.31. The van der Waals surface area contributed by atoms with Crippen LogP contribution in [-0.2, 0) is 15.7 Å². The second kappa shape index (κ2) is 8.73. The summed E-state index contributed by atoms with van der Waals surface area (Å²) in [6.45, 7) is 5.02. The molecule has 0 radical (unpaired) electrons. The van der Waals surface area contributed by atoms with E-state index in [1.54, 1.807) is 13.8 Å². The Kier molecular flexibility index (Phi) is 6.26. The fourth-order valence-corrected chi connectivity index (χ4v) is 3.52. The van der Waals surface area contributed by atoms with Crippen LogP contribution in [-0.4, -0.2) is 32.7 Å². The molecule has 0 amide bonds. The van der Waals surface area contributed by atoms with Crippen LogP contribution >= 0.6 is 11.3 Å². The van der Waals surface area contributed by atoms with Crippen molar-refractivity contribution >= 4 is 17.5 Å². The average molecular weight is 451 g/mol. The van der Waals surface area contributed by atoms with Gasteiger partial charge in [-0.25, -0.2) is 9.78 Å². The molecule has 0 aliphatic heterocycles. The van der Waals surface area contributed by atoms with Gasteiger partial charge >= 0.3 is 12.3 Å². The number of hydrogen-bond acceptors (Lipinski definition) is 8. The second-order valence-electron chi connectivity index (χ2n) is 6.23. The Morgan fingerprint density at radius 1 is 1.26 bits per heavy atom. The molecule has 31 heavy (non-hydrogen) atoms. The van der Waals surface area contributed by atoms with E-state index in [0.717, 1.165) is 16.9 Å². The molecule has 8 nitrogen and oxygen atoms in total. The first-order chi connectivity index (χ1) is 14.6. The largest absolute Gasteiger partial charge is 0.510 e. The van der Waals surface area contributed by atoms with Crippen molar-refractivity contribution in [3.8, 4) is 28.0 Å². The number of aryl methyl sites for hydroxylation is 1. The predicted molar refractivity (Wildman–Crippen MR) is 104 cm³/mol. The quantitative estimate of drug-likeness (QED) is 0.505. The molecular formula is C19H16F3N5O3S. The minimum atomic E-state index is -4.43. The third kappa shape index (κ3) is 4.83. The van der Waals surface area contributed by atoms with Crippen molar-refractivity contribution in [2.75, 3.05) is 6.61 Å². The van der Waals surface area contributed by atoms with Crippen LogP contribution < -0.4 is 0 Å². The number of ether oxygens (including phenoxy) is 2. The number of alkyl halides is 3. The highest BCUT2D eigenvalue weighted by Gasteiger charge is 2.30. The number of carbonyl (C=O) groups is 1. The molecule has 0 fully saturated rings. The Hall–Kier alpha value is -3.46. The van der Waals surface area contributed by atoms with Gasteiger partial charge in [-0.3, -0.25) is 0 Å². The van der Waals surface area contributed by atoms with E-state index in [-0.39, 0.29) is 18.0 Å². The summed E-state index contributed by atoms with van der Waals surface area (Å²) in [5, 5.41) is 18.2. The molecule has 0 saturated carbocycles. The topological polar surface area (TPSA) is 103 Å². The molecule has 1 unspecified atom stereocenters. The van der Waals surface area contributed by atoms with Gasteiger partial charge in [0.25, 0.3) is 0 Å². The second-order valence-corrected chi connectivity index (χ2v) is 7.43. The lowest BCUT2D eigenvalue weighted by Gasteiger charge is -2.11. The molecule has 1 aromatic carbocycles. The number of hydrogen-bond donors (Lipinski definition) is 0. The fourth-order valence-electron chi connectivity index (χ4n) is 2.60. The van der Waals surface area contributed by atoms with Crippen LogP contribution in [0.1, 0.15) is 36.2 Å². The summed E-state index contributed by atoms with van der Waals surface area (Å²) in [6, 6.07) is 6.56. The van der Waals surface area contributed by atoms with Crippen LogP contribution in [0, 0.1) is 18.3 Å². The zero-order valence-electron chi connectivity index (χ0n) is 16.6. The molecule has 0 saturated heterocycles. The standard InChI is InChI=1S/C19H16F3N5O3S/c1-4-29-18(28)30-11(3)27-25-14(9-23)16(26-27)15-10(2)31-17(24-15)12-5-7-13(8-6-12)19(20,21)22/h5-8,11H,4H2,1-3H3. The number of nitriles is 1. The van der Waals surface area contributed by atoms with Crippen molar-refractivity contribution in [1.29, 1.82) is 5.26 Å². The Labute approximate surface area is 178 Å². The minimum absolute atomic E-state index is 0.0355. The molecule has 0 N–H and O–H groups in total. The summed E-state index contributed by atoms with van der Waals surface area (Å²) >= 11 is 1.25. The molecule has 2 heterocycles. The number of aromatic nitrogens is 4. The molecular weight excluding hydrogens is 435 g/mol. The van der Waals surface area contributed by atoms with E-state index in [9.17, 15) is 23.2 Å². The summed E-state index contributed by atoms with van der Waals surface area (Å²) in [7, 11) is 0. The fraction of sp³-hybridized carbons (Fsp3) is 0.316. The Balaban J connectivity index is 1.92. The van der Waals surface area contributed by atoms with Gasteiger partial charge in [0.15, 0.2) is 11.4 Å². The Morgan fingerprint density at radius 2 is 1.94 bits per heavy atom. The van der Waals surface area contributed by atoms with Crippen LogP contribution in [0.25, 0.3) is 22.0 Å². The van der Waals surface area contributed by atoms with E-state index in [1.165, 1.54) is 30.4 Å². The molecule has 1 atom stereocenters. The first-order valence-electron chi connectivity index (χ1n) is 8.99. The molecule has 0 spiro atoms. The van der Waals surface area contributed by atoms with Gasteiger partial charge < -0.3 is 9.47 Å². The van der Waals surface area contributed by atoms with Crippen molar-refractivity contribution in [3.05, 3.63) is 40.4 Å². The maximum Gasteiger partial charge on any atom is 0.510 e. The van der Waals surface area contributed by atoms with E-state index >= 15 is 0 Å². The lowest BCUT2D eigenvalue weighted by molar-refractivity contribution is -0.137. The van der Waals surface area contributed by atoms with Crippen LogP contribution in [0.15, 0.2) is 24.3 Å². The Morgan fingerprint density at radius 3 is 2.52 bits per heavy atom. The molecule has 3 rings (SSSR count). The van der Waals surface area contributed by atoms with Crippen molar-refractivity contribution in [2.45, 2.75) is 33.2 Å². The number of rotatable bonds is 5. The monoisotopic (exact) mass is 451 g/mol. The SMILES string of the molecule is CCOC(=O)OC(C)n1nc(C#N)c(-c2nc(-c3ccc(C(F)(F)F)cc3)sc2C)n1. The van der Waals surface area contributed by atoms with E-state index in [4.69, 9.17) is 9.47 Å². The van der Waals surface area contributed by atoms with Crippen LogP contribution in [0.3, 0.4) is 0 Å². The van der Waals surface area contributed by atoms with Crippen molar-refractivity contribution in [2.24, 2.45) is 0 Å². The zero-order valence-corrected chi connectivity index (χ0v) is 17.4. The van der Waals surface area contributed by atoms with Gasteiger partial charge in [-0.2, -0.15) is 18.4 Å². The van der Waals surface area contributed by atoms with Crippen LogP contribution in [0.5, 0.6) is 0 Å². The molecule has 0 aliphatic rings. The number of carbonyl (C=O) groups excluding carboxylic acids is 1. The summed E-state index contributed by atoms with van der Waals surface area (Å²) < 4.78 is 48.1. The third-order valence-electron chi connectivity index (χ3n) is 4.07. The van der Waals surface area contributed by atoms with Gasteiger partial charge in [-0.1, -0.05) is 12.1 Å². The maximum atomic E-state index is 12.8. The van der Waals surface area contributed by atoms with Gasteiger partial charge in [0.05, 0.1) is 12.2 Å². The van der Waals surface area contributed by atoms with Gasteiger partial charge in [-0.15, -0.1) is 26.3 Å². The van der Waals surface area contributed by atoms with Gasteiger partial charge in [-0.05, 0) is 32.9 Å². The summed E-state index contributed by atoms with van der Waals surface area (Å²) in [6.07, 6.45) is -6.26. The van der Waals surface area contributed by atoms with Crippen LogP contribution in [0.2, 0.25) is 0 Å². The lowest BCUT2D eigenvalue weighted by Crippen LogP contribution is -2.18. The number of halogens is 3. The predicted octanol–water partition coefficient (Wildman–Crippen LogP) is 4.96. The molecule has 0 bridgehead atoms. The van der Waals surface area contributed by atoms with Crippen molar-refractivity contribution in [1.82, 2.24) is 20.0 Å².